The van der Waals surface area contributed by atoms with Crippen molar-refractivity contribution < 1.29 is 19.7 Å². The second kappa shape index (κ2) is 9.38. The predicted molar refractivity (Wildman–Crippen MR) is 149 cm³/mol. The fourth-order valence-electron chi connectivity index (χ4n) is 6.63. The SMILES string of the molecule is O=c1c2n(c(=O)c3n1[C@H]1C=C[C@H](O)C[C@@]1(OCc1ccccc1)C=3)[C@H]1C=C[C@H](O)C[C@@]1(OCc1ccccc1)C=2. The maximum Gasteiger partial charge on any atom is 0.275 e. The molecule has 7 rings (SSSR count). The molecule has 0 spiro atoms. The van der Waals surface area contributed by atoms with Crippen LogP contribution in [-0.2, 0) is 22.7 Å². The first-order chi connectivity index (χ1) is 19.4. The van der Waals surface area contributed by atoms with E-state index in [-0.39, 0.29) is 47.9 Å². The molecule has 0 bridgehead atoms. The van der Waals surface area contributed by atoms with Gasteiger partial charge in [-0.3, -0.25) is 18.7 Å². The van der Waals surface area contributed by atoms with Gasteiger partial charge in [-0.25, -0.2) is 0 Å². The van der Waals surface area contributed by atoms with Crippen molar-refractivity contribution in [2.75, 3.05) is 0 Å². The van der Waals surface area contributed by atoms with Gasteiger partial charge >= 0.3 is 0 Å². The third-order valence-electron chi connectivity index (χ3n) is 8.50. The van der Waals surface area contributed by atoms with E-state index in [4.69, 9.17) is 9.47 Å². The van der Waals surface area contributed by atoms with Crippen LogP contribution in [0.5, 0.6) is 0 Å². The summed E-state index contributed by atoms with van der Waals surface area (Å²) < 4.78 is 15.9. The van der Waals surface area contributed by atoms with Crippen molar-refractivity contribution >= 4 is 12.2 Å². The quantitative estimate of drug-likeness (QED) is 0.458. The molecular weight excluding hydrogens is 508 g/mol. The molecule has 3 heterocycles. The van der Waals surface area contributed by atoms with Crippen LogP contribution in [0.25, 0.3) is 12.2 Å². The number of ether oxygens (including phenoxy) is 2. The van der Waals surface area contributed by atoms with Crippen LogP contribution < -0.4 is 21.8 Å². The summed E-state index contributed by atoms with van der Waals surface area (Å²) in [7, 11) is 0. The normalized spacial score (nSPS) is 31.1. The van der Waals surface area contributed by atoms with E-state index in [0.29, 0.717) is 0 Å². The predicted octanol–water partition coefficient (Wildman–Crippen LogP) is 1.23. The summed E-state index contributed by atoms with van der Waals surface area (Å²) in [5.74, 6) is 0. The fraction of sp³-hybridized carbons (Fsp3) is 0.312. The molecule has 2 aliphatic carbocycles. The molecule has 204 valence electrons. The Morgan fingerprint density at radius 2 is 1.05 bits per heavy atom. The minimum absolute atomic E-state index is 0.222. The maximum absolute atomic E-state index is 14.2. The molecule has 8 heteroatoms. The highest BCUT2D eigenvalue weighted by Crippen LogP contribution is 2.42. The highest BCUT2D eigenvalue weighted by Gasteiger charge is 2.51. The van der Waals surface area contributed by atoms with Crippen molar-refractivity contribution in [1.29, 1.82) is 0 Å². The van der Waals surface area contributed by atoms with Crippen molar-refractivity contribution in [3.63, 3.8) is 0 Å². The number of hydrogen-bond acceptors (Lipinski definition) is 6. The van der Waals surface area contributed by atoms with E-state index in [9.17, 15) is 19.8 Å². The van der Waals surface area contributed by atoms with E-state index in [1.807, 2.05) is 60.7 Å². The lowest BCUT2D eigenvalue weighted by Gasteiger charge is -2.38. The third kappa shape index (κ3) is 3.90. The van der Waals surface area contributed by atoms with Crippen LogP contribution in [0.4, 0.5) is 0 Å². The van der Waals surface area contributed by atoms with Crippen LogP contribution >= 0.6 is 0 Å². The molecule has 0 saturated carbocycles. The summed E-state index contributed by atoms with van der Waals surface area (Å²) in [6, 6.07) is 18.2. The van der Waals surface area contributed by atoms with Crippen LogP contribution in [0.3, 0.4) is 0 Å². The molecule has 1 aromatic heterocycles. The van der Waals surface area contributed by atoms with Crippen LogP contribution in [0, 0.1) is 0 Å². The average molecular weight is 539 g/mol. The molecule has 40 heavy (non-hydrogen) atoms. The largest absolute Gasteiger partial charge is 0.389 e. The van der Waals surface area contributed by atoms with Gasteiger partial charge in [0.1, 0.15) is 21.9 Å². The molecule has 4 aliphatic rings. The topological polar surface area (TPSA) is 103 Å². The Morgan fingerprint density at radius 3 is 1.45 bits per heavy atom. The molecule has 0 unspecified atom stereocenters. The Labute approximate surface area is 230 Å². The average Bonchev–Trinajstić information content (AvgIpc) is 3.49. The van der Waals surface area contributed by atoms with E-state index in [0.717, 1.165) is 11.1 Å². The second-order valence-electron chi connectivity index (χ2n) is 11.1. The van der Waals surface area contributed by atoms with Gasteiger partial charge < -0.3 is 19.7 Å². The molecule has 3 aromatic rings. The molecule has 0 fully saturated rings. The smallest absolute Gasteiger partial charge is 0.275 e. The molecule has 0 saturated heterocycles. The molecule has 6 atom stereocenters. The van der Waals surface area contributed by atoms with Gasteiger partial charge in [-0.15, -0.1) is 0 Å². The third-order valence-corrected chi connectivity index (χ3v) is 8.50. The summed E-state index contributed by atoms with van der Waals surface area (Å²) in [6.07, 6.45) is 9.18. The molecule has 8 nitrogen and oxygen atoms in total. The summed E-state index contributed by atoms with van der Waals surface area (Å²) in [6.45, 7) is 0.536. The minimum Gasteiger partial charge on any atom is -0.389 e. The number of fused-ring (bicyclic) bond motifs is 6. The highest BCUT2D eigenvalue weighted by molar-refractivity contribution is 5.48. The van der Waals surface area contributed by atoms with Gasteiger partial charge in [0.2, 0.25) is 0 Å². The van der Waals surface area contributed by atoms with Crippen LogP contribution in [0.2, 0.25) is 0 Å². The van der Waals surface area contributed by atoms with Crippen molar-refractivity contribution in [2.45, 2.75) is 61.5 Å². The van der Waals surface area contributed by atoms with Crippen molar-refractivity contribution in [1.82, 2.24) is 9.13 Å². The first-order valence-corrected chi connectivity index (χ1v) is 13.6. The lowest BCUT2D eigenvalue weighted by molar-refractivity contribution is -0.0567. The van der Waals surface area contributed by atoms with Crippen LogP contribution in [0.15, 0.2) is 94.6 Å². The van der Waals surface area contributed by atoms with Crippen LogP contribution in [0.1, 0.15) is 36.1 Å². The van der Waals surface area contributed by atoms with E-state index < -0.39 is 35.5 Å². The van der Waals surface area contributed by atoms with Gasteiger partial charge in [0, 0.05) is 12.8 Å². The number of aliphatic hydroxyl groups is 2. The zero-order valence-corrected chi connectivity index (χ0v) is 21.8. The second-order valence-corrected chi connectivity index (χ2v) is 11.1. The van der Waals surface area contributed by atoms with Gasteiger partial charge in [0.25, 0.3) is 11.1 Å². The van der Waals surface area contributed by atoms with Gasteiger partial charge in [-0.05, 0) is 23.3 Å². The van der Waals surface area contributed by atoms with E-state index in [2.05, 4.69) is 0 Å². The number of rotatable bonds is 6. The lowest BCUT2D eigenvalue weighted by atomic mass is 9.84. The summed E-state index contributed by atoms with van der Waals surface area (Å²) >= 11 is 0. The monoisotopic (exact) mass is 538 g/mol. The summed E-state index contributed by atoms with van der Waals surface area (Å²) in [4.78, 5) is 28.3. The van der Waals surface area contributed by atoms with Gasteiger partial charge in [0.05, 0.1) is 37.5 Å². The number of benzene rings is 2. The first kappa shape index (κ1) is 25.2. The Bertz CT molecular complexity index is 1630. The minimum atomic E-state index is -1.05. The van der Waals surface area contributed by atoms with Crippen molar-refractivity contribution in [2.24, 2.45) is 0 Å². The lowest BCUT2D eigenvalue weighted by Crippen LogP contribution is -2.57. The summed E-state index contributed by atoms with van der Waals surface area (Å²) in [5.41, 5.74) is -0.857. The van der Waals surface area contributed by atoms with Gasteiger partial charge in [-0.1, -0.05) is 85.0 Å². The summed E-state index contributed by atoms with van der Waals surface area (Å²) in [5, 5.41) is 21.6. The van der Waals surface area contributed by atoms with E-state index in [1.165, 1.54) is 9.13 Å². The van der Waals surface area contributed by atoms with E-state index in [1.54, 1.807) is 36.5 Å². The van der Waals surface area contributed by atoms with E-state index >= 15 is 0 Å². The fourth-order valence-corrected chi connectivity index (χ4v) is 6.63. The number of nitrogens with zero attached hydrogens (tertiary/aromatic N) is 2. The Kier molecular flexibility index (Phi) is 5.90. The van der Waals surface area contributed by atoms with Crippen molar-refractivity contribution in [3.8, 4) is 0 Å². The van der Waals surface area contributed by atoms with Gasteiger partial charge in [0.15, 0.2) is 0 Å². The zero-order valence-electron chi connectivity index (χ0n) is 21.8. The highest BCUT2D eigenvalue weighted by atomic mass is 16.5. The Hall–Kier alpha value is -3.82. The number of aromatic nitrogens is 2. The molecule has 2 aromatic carbocycles. The molecule has 2 N–H and O–H groups in total. The first-order valence-electron chi connectivity index (χ1n) is 13.6. The molecule has 2 aliphatic heterocycles. The van der Waals surface area contributed by atoms with Gasteiger partial charge in [-0.2, -0.15) is 0 Å². The molecule has 0 amide bonds. The number of hydrogen-bond donors (Lipinski definition) is 2. The Morgan fingerprint density at radius 1 is 0.650 bits per heavy atom. The molecule has 0 radical (unpaired) electrons. The standard InChI is InChI=1S/C32H30N2O6/c35-23-11-13-27-31(15-23,39-19-21-7-3-1-4-8-21)17-25-29(37)34-26(30(38)33(25)27)18-32(16-24(36)12-14-28(32)34)40-20-22-9-5-2-6-10-22/h1-14,17-18,23-24,27-28,35-36H,15-16,19-20H2/t23-,24-,27-,28-,31+,32+/m0/s1. The number of aliphatic hydroxyl groups excluding tert-OH is 2. The Balaban J connectivity index is 1.34. The van der Waals surface area contributed by atoms with Crippen molar-refractivity contribution in [3.05, 3.63) is 128 Å². The zero-order chi connectivity index (χ0) is 27.5. The maximum atomic E-state index is 14.2. The van der Waals surface area contributed by atoms with Crippen LogP contribution in [-0.4, -0.2) is 42.8 Å². The molecular formula is C32H30N2O6.